The predicted molar refractivity (Wildman–Crippen MR) is 278 cm³/mol. The number of nitrogens with zero attached hydrogens (tertiary/aromatic N) is 1. The fraction of sp³-hybridized carbons (Fsp3) is 0.778. The minimum Gasteiger partial charge on any atom is -0.481 e. The lowest BCUT2D eigenvalue weighted by atomic mass is 9.83. The zero-order valence-corrected chi connectivity index (χ0v) is 44.9. The summed E-state index contributed by atoms with van der Waals surface area (Å²) in [5, 5.41) is 124. The second-order valence-corrected chi connectivity index (χ2v) is 21.2. The van der Waals surface area contributed by atoms with Gasteiger partial charge in [-0.1, -0.05) is 83.6 Å². The molecule has 2 rings (SSSR count). The average molecular weight is 1060 g/mol. The fourth-order valence-corrected chi connectivity index (χ4v) is 9.43. The maximum atomic E-state index is 13.5. The zero-order chi connectivity index (χ0) is 55.9. The Morgan fingerprint density at radius 1 is 0.824 bits per heavy atom. The van der Waals surface area contributed by atoms with Gasteiger partial charge in [-0.15, -0.1) is 0 Å². The van der Waals surface area contributed by atoms with Crippen molar-refractivity contribution >= 4 is 23.9 Å². The number of rotatable bonds is 13. The molecule has 2 bridgehead atoms. The molecule has 0 aromatic rings. The van der Waals surface area contributed by atoms with E-state index in [4.69, 9.17) is 19.9 Å². The third-order valence-electron chi connectivity index (χ3n) is 14.6. The second-order valence-electron chi connectivity index (χ2n) is 21.2. The number of aliphatic imine (C=N–C) groups is 1. The normalized spacial score (nSPS) is 37.2. The second kappa shape index (κ2) is 33.4. The van der Waals surface area contributed by atoms with Crippen molar-refractivity contribution in [2.24, 2.45) is 46.2 Å². The third-order valence-corrected chi connectivity index (χ3v) is 14.6. The number of aliphatic hydroxyl groups is 10. The number of aliphatic hydroxyl groups excluding tert-OH is 9. The molecule has 14 N–H and O–H groups in total. The Morgan fingerprint density at radius 3 is 2.15 bits per heavy atom. The van der Waals surface area contributed by atoms with Gasteiger partial charge in [-0.2, -0.15) is 0 Å². The van der Waals surface area contributed by atoms with Crippen LogP contribution in [0.3, 0.4) is 0 Å². The van der Waals surface area contributed by atoms with Crippen LogP contribution in [0.2, 0.25) is 0 Å². The maximum Gasteiger partial charge on any atom is 0.330 e. The molecule has 19 unspecified atom stereocenters. The number of unbranched alkanes of at least 4 members (excludes halogenated alkanes) is 2. The Bertz CT molecular complexity index is 1830. The van der Waals surface area contributed by atoms with E-state index in [9.17, 15) is 70.6 Å². The number of cyclic esters (lactones) is 1. The van der Waals surface area contributed by atoms with E-state index in [1.54, 1.807) is 40.8 Å². The number of hydrogen-bond acceptors (Lipinski definition) is 17. The summed E-state index contributed by atoms with van der Waals surface area (Å²) in [6.45, 7) is 13.0. The summed E-state index contributed by atoms with van der Waals surface area (Å²) in [7, 11) is 1.63. The van der Waals surface area contributed by atoms with E-state index in [1.165, 1.54) is 18.2 Å². The van der Waals surface area contributed by atoms with E-state index < -0.39 is 139 Å². The van der Waals surface area contributed by atoms with E-state index in [2.05, 4.69) is 28.5 Å². The minimum atomic E-state index is -2.52. The van der Waals surface area contributed by atoms with Gasteiger partial charge in [-0.25, -0.2) is 4.79 Å². The van der Waals surface area contributed by atoms with Crippen LogP contribution in [-0.2, 0) is 28.6 Å². The molecule has 2 aliphatic heterocycles. The molecule has 20 heteroatoms. The van der Waals surface area contributed by atoms with Gasteiger partial charge in [0.05, 0.1) is 54.9 Å². The summed E-state index contributed by atoms with van der Waals surface area (Å²) >= 11 is 0. The average Bonchev–Trinajstić information content (AvgIpc) is 3.32. The van der Waals surface area contributed by atoms with Crippen molar-refractivity contribution in [3.8, 4) is 0 Å². The van der Waals surface area contributed by atoms with Gasteiger partial charge in [0.2, 0.25) is 0 Å². The van der Waals surface area contributed by atoms with Crippen LogP contribution in [-0.4, -0.2) is 173 Å². The van der Waals surface area contributed by atoms with Crippen LogP contribution in [0.25, 0.3) is 0 Å². The molecule has 19 atom stereocenters. The van der Waals surface area contributed by atoms with Crippen LogP contribution in [0, 0.1) is 35.5 Å². The number of nitrogens with two attached hydrogens (primary N) is 1. The van der Waals surface area contributed by atoms with Crippen LogP contribution in [0.5, 0.6) is 0 Å². The minimum absolute atomic E-state index is 0.0876. The molecule has 2 heterocycles. The molecule has 20 nitrogen and oxygen atoms in total. The quantitative estimate of drug-likeness (QED) is 0.0315. The third kappa shape index (κ3) is 24.0. The molecule has 2 aliphatic rings. The van der Waals surface area contributed by atoms with Crippen molar-refractivity contribution in [3.63, 3.8) is 0 Å². The van der Waals surface area contributed by atoms with Gasteiger partial charge < -0.3 is 81.4 Å². The lowest BCUT2D eigenvalue weighted by molar-refractivity contribution is -0.333. The molecule has 426 valence electrons. The summed E-state index contributed by atoms with van der Waals surface area (Å²) < 4.78 is 17.4. The monoisotopic (exact) mass is 1060 g/mol. The predicted octanol–water partition coefficient (Wildman–Crippen LogP) is 2.67. The summed E-state index contributed by atoms with van der Waals surface area (Å²) in [4.78, 5) is 41.3. The molecule has 1 saturated heterocycles. The standard InChI is InChI=1S/C54H93N3O17/c1-31(15-13-11-9-10-12-14-22-57-53(55)56-8)23-35(5)51-34(4)17-20-42(60)36(6)44(62)25-38(58)24-39(72-50(69)29-48(66)67)26-40-27-46(64)52(70)54(71,74-40)30-47(65)33(3)16-19-41(59)37(7)45(63)28-43(61)32(2)18-21-49(68)73-51/h9-10,15,17-18,20-21,32-47,51-52,58-65,70-71H,11-14,16,19,22-30H2,1-8H3,(H,66,67)(H3,55,56,57)/b10-9+,20-17?,21-18?,31-15+. The van der Waals surface area contributed by atoms with E-state index in [1.807, 2.05) is 20.8 Å². The number of guanidine groups is 1. The lowest BCUT2D eigenvalue weighted by Crippen LogP contribution is -2.60. The van der Waals surface area contributed by atoms with Crippen LogP contribution < -0.4 is 11.1 Å². The van der Waals surface area contributed by atoms with Gasteiger partial charge >= 0.3 is 17.9 Å². The molecule has 0 saturated carbocycles. The highest BCUT2D eigenvalue weighted by atomic mass is 16.7. The summed E-state index contributed by atoms with van der Waals surface area (Å²) in [5.74, 6) is -8.95. The van der Waals surface area contributed by atoms with Gasteiger partial charge in [-0.05, 0) is 70.1 Å². The molecule has 0 aromatic carbocycles. The van der Waals surface area contributed by atoms with Gasteiger partial charge in [-0.3, -0.25) is 14.6 Å². The molecular formula is C54H93N3O17. The van der Waals surface area contributed by atoms with Crippen molar-refractivity contribution in [1.82, 2.24) is 5.32 Å². The van der Waals surface area contributed by atoms with Crippen LogP contribution in [0.4, 0.5) is 0 Å². The van der Waals surface area contributed by atoms with E-state index in [0.717, 1.165) is 37.8 Å². The molecule has 0 aliphatic carbocycles. The maximum absolute atomic E-state index is 13.5. The van der Waals surface area contributed by atoms with Crippen molar-refractivity contribution < 1.29 is 84.8 Å². The summed E-state index contributed by atoms with van der Waals surface area (Å²) in [6, 6.07) is 0. The molecular weight excluding hydrogens is 963 g/mol. The highest BCUT2D eigenvalue weighted by Gasteiger charge is 2.50. The van der Waals surface area contributed by atoms with E-state index in [-0.39, 0.29) is 50.9 Å². The van der Waals surface area contributed by atoms with Crippen LogP contribution in [0.15, 0.2) is 53.1 Å². The van der Waals surface area contributed by atoms with Crippen molar-refractivity contribution in [1.29, 1.82) is 0 Å². The smallest absolute Gasteiger partial charge is 0.330 e. The van der Waals surface area contributed by atoms with Crippen molar-refractivity contribution in [3.05, 3.63) is 48.1 Å². The van der Waals surface area contributed by atoms with Crippen molar-refractivity contribution in [2.75, 3.05) is 13.6 Å². The van der Waals surface area contributed by atoms with Gasteiger partial charge in [0.25, 0.3) is 0 Å². The van der Waals surface area contributed by atoms with E-state index in [0.29, 0.717) is 12.4 Å². The Hall–Kier alpha value is -3.80. The number of esters is 2. The van der Waals surface area contributed by atoms with Gasteiger partial charge in [0, 0.05) is 75.4 Å². The first-order valence-electron chi connectivity index (χ1n) is 26.5. The summed E-state index contributed by atoms with van der Waals surface area (Å²) in [5.41, 5.74) is 6.75. The zero-order valence-electron chi connectivity index (χ0n) is 44.9. The number of aliphatic carboxylic acids is 1. The number of hydrogen-bond donors (Lipinski definition) is 13. The van der Waals surface area contributed by atoms with Gasteiger partial charge in [0.1, 0.15) is 24.7 Å². The highest BCUT2D eigenvalue weighted by Crippen LogP contribution is 2.36. The number of ether oxygens (including phenoxy) is 3. The molecule has 0 spiro atoms. The molecule has 0 radical (unpaired) electrons. The first-order valence-corrected chi connectivity index (χ1v) is 26.5. The number of allylic oxidation sites excluding steroid dienone is 4. The topological polar surface area (TPSA) is 352 Å². The number of carbonyl (C=O) groups excluding carboxylic acids is 2. The molecule has 0 amide bonds. The SMILES string of the molecule is CN=C(N)NCCC/C=C/CC/C=C(\C)CC(C)C1OC(=O)C=CC(C)C(O)CC(O)C(C)C(O)CCC(C)C(O)CC2(O)OC(CC(OC(=O)CC(=O)O)CC(O)CC(O)C(C)C(O)C=CC1C)CC(O)C2O. The Balaban J connectivity index is 2.44. The first-order chi connectivity index (χ1) is 34.7. The van der Waals surface area contributed by atoms with E-state index >= 15 is 0 Å². The highest BCUT2D eigenvalue weighted by molar-refractivity contribution is 5.90. The Kier molecular flexibility index (Phi) is 29.9. The van der Waals surface area contributed by atoms with Gasteiger partial charge in [0.15, 0.2) is 11.7 Å². The Morgan fingerprint density at radius 2 is 1.49 bits per heavy atom. The number of nitrogens with one attached hydrogen (secondary N) is 1. The number of fused-ring (bicyclic) bond motifs is 2. The molecule has 74 heavy (non-hydrogen) atoms. The number of carboxylic acid groups (broad SMARTS) is 1. The summed E-state index contributed by atoms with van der Waals surface area (Å²) in [6.07, 6.45) is -1.85. The molecule has 0 aromatic heterocycles. The Labute approximate surface area is 438 Å². The lowest BCUT2D eigenvalue weighted by Gasteiger charge is -2.45. The van der Waals surface area contributed by atoms with Crippen molar-refractivity contribution in [2.45, 2.75) is 217 Å². The van der Waals surface area contributed by atoms with Crippen LogP contribution in [0.1, 0.15) is 138 Å². The fourth-order valence-electron chi connectivity index (χ4n) is 9.43. The number of carbonyl (C=O) groups is 3. The first kappa shape index (κ1) is 66.3. The molecule has 1 fully saturated rings. The van der Waals surface area contributed by atoms with Crippen LogP contribution >= 0.6 is 0 Å². The number of carboxylic acids is 1. The largest absolute Gasteiger partial charge is 0.481 e.